The number of aryl methyl sites for hydroxylation is 1. The summed E-state index contributed by atoms with van der Waals surface area (Å²) in [6, 6.07) is 7.41. The van der Waals surface area contributed by atoms with Gasteiger partial charge >= 0.3 is 5.97 Å². The quantitative estimate of drug-likeness (QED) is 0.858. The number of aromatic nitrogens is 1. The Balaban J connectivity index is 2.57. The highest BCUT2D eigenvalue weighted by molar-refractivity contribution is 5.87. The fraction of sp³-hybridized carbons (Fsp3) is 0.400. The molecule has 1 aromatic heterocycles. The first-order valence-corrected chi connectivity index (χ1v) is 6.27. The van der Waals surface area contributed by atoms with Crippen LogP contribution in [0.4, 0.5) is 0 Å². The van der Waals surface area contributed by atoms with Crippen LogP contribution in [0.15, 0.2) is 30.5 Å². The molecule has 2 aromatic rings. The number of nitrogens with zero attached hydrogens (tertiary/aromatic N) is 1. The lowest BCUT2D eigenvalue weighted by atomic mass is 9.78. The molecule has 0 saturated heterocycles. The van der Waals surface area contributed by atoms with Crippen LogP contribution in [0, 0.1) is 0 Å². The Kier molecular flexibility index (Phi) is 3.37. The molecule has 0 aliphatic heterocycles. The number of carbonyl (C=O) groups excluding carboxylic acids is 1. The minimum Gasteiger partial charge on any atom is -0.468 e. The molecule has 2 rings (SSSR count). The Bertz CT molecular complexity index is 614. The number of esters is 1. The maximum absolute atomic E-state index is 11.7. The van der Waals surface area contributed by atoms with E-state index in [-0.39, 0.29) is 0 Å². The summed E-state index contributed by atoms with van der Waals surface area (Å²) in [4.78, 5) is 11.7. The summed E-state index contributed by atoms with van der Waals surface area (Å²) in [5.74, 6) is -0.391. The molecule has 19 heavy (non-hydrogen) atoms. The highest BCUT2D eigenvalue weighted by Gasteiger charge is 2.36. The Morgan fingerprint density at radius 1 is 1.37 bits per heavy atom. The molecule has 0 bridgehead atoms. The SMILES string of the molecule is COC(=O)[C@@H](N)C(C)(C)c1cn(C)c2ccccc12. The van der Waals surface area contributed by atoms with Gasteiger partial charge in [-0.25, -0.2) is 0 Å². The Morgan fingerprint density at radius 3 is 2.63 bits per heavy atom. The number of para-hydroxylation sites is 1. The first kappa shape index (κ1) is 13.6. The molecular weight excluding hydrogens is 240 g/mol. The number of ether oxygens (including phenoxy) is 1. The van der Waals surface area contributed by atoms with E-state index in [0.717, 1.165) is 16.5 Å². The van der Waals surface area contributed by atoms with E-state index in [4.69, 9.17) is 10.5 Å². The molecule has 1 heterocycles. The van der Waals surface area contributed by atoms with Crippen LogP contribution in [0.3, 0.4) is 0 Å². The van der Waals surface area contributed by atoms with Crippen LogP contribution in [0.1, 0.15) is 19.4 Å². The molecule has 0 amide bonds. The maximum atomic E-state index is 11.7. The van der Waals surface area contributed by atoms with Crippen molar-refractivity contribution in [3.8, 4) is 0 Å². The third kappa shape index (κ3) is 2.12. The van der Waals surface area contributed by atoms with Crippen molar-refractivity contribution >= 4 is 16.9 Å². The first-order chi connectivity index (χ1) is 8.89. The fourth-order valence-corrected chi connectivity index (χ4v) is 2.44. The number of benzene rings is 1. The molecule has 0 aliphatic rings. The fourth-order valence-electron chi connectivity index (χ4n) is 2.44. The van der Waals surface area contributed by atoms with Crippen molar-refractivity contribution in [3.63, 3.8) is 0 Å². The number of hydrogen-bond acceptors (Lipinski definition) is 3. The van der Waals surface area contributed by atoms with Crippen LogP contribution in [-0.4, -0.2) is 23.7 Å². The highest BCUT2D eigenvalue weighted by atomic mass is 16.5. The molecule has 0 fully saturated rings. The van der Waals surface area contributed by atoms with E-state index >= 15 is 0 Å². The molecule has 0 unspecified atom stereocenters. The van der Waals surface area contributed by atoms with E-state index in [2.05, 4.69) is 16.7 Å². The molecule has 0 aliphatic carbocycles. The summed E-state index contributed by atoms with van der Waals surface area (Å²) in [6.07, 6.45) is 2.04. The van der Waals surface area contributed by atoms with Crippen LogP contribution in [0.5, 0.6) is 0 Å². The van der Waals surface area contributed by atoms with Crippen molar-refractivity contribution in [1.29, 1.82) is 0 Å². The normalized spacial score (nSPS) is 13.5. The Morgan fingerprint density at radius 2 is 2.00 bits per heavy atom. The van der Waals surface area contributed by atoms with Gasteiger partial charge < -0.3 is 15.0 Å². The smallest absolute Gasteiger partial charge is 0.323 e. The number of methoxy groups -OCH3 is 1. The van der Waals surface area contributed by atoms with E-state index in [1.807, 2.05) is 39.2 Å². The largest absolute Gasteiger partial charge is 0.468 e. The molecule has 0 spiro atoms. The molecule has 1 aromatic carbocycles. The van der Waals surface area contributed by atoms with Gasteiger partial charge in [-0.2, -0.15) is 0 Å². The molecule has 0 saturated carbocycles. The lowest BCUT2D eigenvalue weighted by Crippen LogP contribution is -2.47. The second-order valence-corrected chi connectivity index (χ2v) is 5.39. The summed E-state index contributed by atoms with van der Waals surface area (Å²) >= 11 is 0. The number of nitrogens with two attached hydrogens (primary N) is 1. The van der Waals surface area contributed by atoms with Crippen LogP contribution in [-0.2, 0) is 22.0 Å². The molecule has 4 nitrogen and oxygen atoms in total. The van der Waals surface area contributed by atoms with Crippen LogP contribution < -0.4 is 5.73 Å². The van der Waals surface area contributed by atoms with E-state index in [9.17, 15) is 4.79 Å². The summed E-state index contributed by atoms with van der Waals surface area (Å²) in [5.41, 5.74) is 7.75. The van der Waals surface area contributed by atoms with E-state index in [1.165, 1.54) is 7.11 Å². The topological polar surface area (TPSA) is 57.2 Å². The predicted molar refractivity (Wildman–Crippen MR) is 75.9 cm³/mol. The van der Waals surface area contributed by atoms with Crippen molar-refractivity contribution in [3.05, 3.63) is 36.0 Å². The van der Waals surface area contributed by atoms with Gasteiger partial charge in [0.05, 0.1) is 7.11 Å². The number of hydrogen-bond donors (Lipinski definition) is 1. The van der Waals surface area contributed by atoms with Gasteiger partial charge in [0.25, 0.3) is 0 Å². The zero-order chi connectivity index (χ0) is 14.2. The third-order valence-electron chi connectivity index (χ3n) is 3.82. The van der Waals surface area contributed by atoms with E-state index in [1.54, 1.807) is 0 Å². The number of carbonyl (C=O) groups is 1. The average Bonchev–Trinajstić information content (AvgIpc) is 2.75. The van der Waals surface area contributed by atoms with E-state index in [0.29, 0.717) is 0 Å². The predicted octanol–water partition coefficient (Wildman–Crippen LogP) is 1.96. The van der Waals surface area contributed by atoms with Crippen molar-refractivity contribution in [2.45, 2.75) is 25.3 Å². The van der Waals surface area contributed by atoms with Crippen molar-refractivity contribution < 1.29 is 9.53 Å². The van der Waals surface area contributed by atoms with Gasteiger partial charge in [0, 0.05) is 29.6 Å². The number of rotatable bonds is 3. The lowest BCUT2D eigenvalue weighted by molar-refractivity contribution is -0.143. The standard InChI is InChI=1S/C15H20N2O2/c1-15(2,13(16)14(18)19-4)11-9-17(3)12-8-6-5-7-10(11)12/h5-9,13H,16H2,1-4H3/t13-/m1/s1. The van der Waals surface area contributed by atoms with Gasteiger partial charge in [0.15, 0.2) is 0 Å². The molecule has 0 radical (unpaired) electrons. The minimum atomic E-state index is -0.691. The van der Waals surface area contributed by atoms with Crippen molar-refractivity contribution in [2.24, 2.45) is 12.8 Å². The summed E-state index contributed by atoms with van der Waals surface area (Å²) in [7, 11) is 3.35. The van der Waals surface area contributed by atoms with Gasteiger partial charge in [-0.1, -0.05) is 32.0 Å². The minimum absolute atomic E-state index is 0.391. The molecule has 102 valence electrons. The zero-order valence-corrected chi connectivity index (χ0v) is 11.8. The Hall–Kier alpha value is -1.81. The third-order valence-corrected chi connectivity index (χ3v) is 3.82. The lowest BCUT2D eigenvalue weighted by Gasteiger charge is -2.29. The zero-order valence-electron chi connectivity index (χ0n) is 11.8. The molecule has 2 N–H and O–H groups in total. The van der Waals surface area contributed by atoms with Crippen molar-refractivity contribution in [2.75, 3.05) is 7.11 Å². The summed E-state index contributed by atoms with van der Waals surface area (Å²) in [6.45, 7) is 3.94. The monoisotopic (exact) mass is 260 g/mol. The van der Waals surface area contributed by atoms with Crippen molar-refractivity contribution in [1.82, 2.24) is 4.57 Å². The molecule has 4 heteroatoms. The summed E-state index contributed by atoms with van der Waals surface area (Å²) < 4.78 is 6.82. The highest BCUT2D eigenvalue weighted by Crippen LogP contribution is 2.33. The molecule has 1 atom stereocenters. The maximum Gasteiger partial charge on any atom is 0.323 e. The second kappa shape index (κ2) is 4.70. The van der Waals surface area contributed by atoms with Gasteiger partial charge in [0.1, 0.15) is 6.04 Å². The summed E-state index contributed by atoms with van der Waals surface area (Å²) in [5, 5.41) is 1.12. The second-order valence-electron chi connectivity index (χ2n) is 5.39. The van der Waals surface area contributed by atoms with Gasteiger partial charge in [-0.05, 0) is 11.6 Å². The number of fused-ring (bicyclic) bond motifs is 1. The van der Waals surface area contributed by atoms with E-state index < -0.39 is 17.4 Å². The Labute approximate surface area is 113 Å². The average molecular weight is 260 g/mol. The van der Waals surface area contributed by atoms with Gasteiger partial charge in [-0.15, -0.1) is 0 Å². The van der Waals surface area contributed by atoms with Crippen LogP contribution in [0.2, 0.25) is 0 Å². The molecular formula is C15H20N2O2. The van der Waals surface area contributed by atoms with Crippen LogP contribution >= 0.6 is 0 Å². The van der Waals surface area contributed by atoms with Gasteiger partial charge in [0.2, 0.25) is 0 Å². The first-order valence-electron chi connectivity index (χ1n) is 6.27. The van der Waals surface area contributed by atoms with Crippen LogP contribution in [0.25, 0.3) is 10.9 Å². The van der Waals surface area contributed by atoms with Gasteiger partial charge in [-0.3, -0.25) is 4.79 Å².